The smallest absolute Gasteiger partial charge is 0.317 e. The lowest BCUT2D eigenvalue weighted by Gasteiger charge is -2.26. The molecule has 1 saturated carbocycles. The third-order valence-electron chi connectivity index (χ3n) is 5.86. The van der Waals surface area contributed by atoms with E-state index >= 15 is 0 Å². The van der Waals surface area contributed by atoms with Gasteiger partial charge in [0.15, 0.2) is 5.58 Å². The lowest BCUT2D eigenvalue weighted by Crippen LogP contribution is -2.42. The van der Waals surface area contributed by atoms with Gasteiger partial charge in [0.1, 0.15) is 5.52 Å². The number of rotatable bonds is 10. The molecular weight excluding hydrogens is 396 g/mol. The standard InChI is InChI=1S/C24H28N2O5/c1-29-13-12-17-10-11-20(25-14-22(27)28)23(17)30-15-16-6-8-18(9-7-16)24-26-19-4-2-3-5-21(19)31-24/h2-9,17,20,23,25H,10-15H2,1H3,(H,27,28)/t17-,20-,23-/m1/s1. The lowest BCUT2D eigenvalue weighted by molar-refractivity contribution is -0.136. The van der Waals surface area contributed by atoms with Crippen LogP contribution < -0.4 is 5.32 Å². The van der Waals surface area contributed by atoms with Gasteiger partial charge in [0, 0.05) is 25.3 Å². The summed E-state index contributed by atoms with van der Waals surface area (Å²) in [5.74, 6) is 0.0983. The first-order valence-corrected chi connectivity index (χ1v) is 10.6. The van der Waals surface area contributed by atoms with Gasteiger partial charge in [-0.3, -0.25) is 4.79 Å². The van der Waals surface area contributed by atoms with E-state index in [4.69, 9.17) is 19.0 Å². The van der Waals surface area contributed by atoms with Crippen LogP contribution in [0.25, 0.3) is 22.6 Å². The Hall–Kier alpha value is -2.74. The molecule has 1 aliphatic carbocycles. The summed E-state index contributed by atoms with van der Waals surface area (Å²) in [7, 11) is 1.70. The Morgan fingerprint density at radius 2 is 2.00 bits per heavy atom. The summed E-state index contributed by atoms with van der Waals surface area (Å²) >= 11 is 0. The van der Waals surface area contributed by atoms with E-state index in [0.717, 1.165) is 41.5 Å². The zero-order valence-electron chi connectivity index (χ0n) is 17.6. The van der Waals surface area contributed by atoms with Crippen molar-refractivity contribution in [3.8, 4) is 11.5 Å². The predicted molar refractivity (Wildman–Crippen MR) is 117 cm³/mol. The second-order valence-electron chi connectivity index (χ2n) is 7.96. The van der Waals surface area contributed by atoms with Gasteiger partial charge in [-0.05, 0) is 55.0 Å². The normalized spacial score (nSPS) is 21.0. The summed E-state index contributed by atoms with van der Waals surface area (Å²) in [6, 6.07) is 15.8. The highest BCUT2D eigenvalue weighted by molar-refractivity contribution is 5.75. The summed E-state index contributed by atoms with van der Waals surface area (Å²) < 4.78 is 17.4. The van der Waals surface area contributed by atoms with E-state index in [1.165, 1.54) is 0 Å². The number of ether oxygens (including phenoxy) is 2. The van der Waals surface area contributed by atoms with Crippen molar-refractivity contribution in [3.63, 3.8) is 0 Å². The minimum Gasteiger partial charge on any atom is -0.480 e. The van der Waals surface area contributed by atoms with Gasteiger partial charge < -0.3 is 24.3 Å². The number of nitrogens with zero attached hydrogens (tertiary/aromatic N) is 1. The van der Waals surface area contributed by atoms with Crippen LogP contribution in [-0.4, -0.2) is 48.5 Å². The summed E-state index contributed by atoms with van der Waals surface area (Å²) in [6.07, 6.45) is 2.78. The first-order chi connectivity index (χ1) is 15.1. The van der Waals surface area contributed by atoms with Crippen LogP contribution in [-0.2, 0) is 20.9 Å². The largest absolute Gasteiger partial charge is 0.480 e. The third-order valence-corrected chi connectivity index (χ3v) is 5.86. The molecule has 3 aromatic rings. The molecule has 1 fully saturated rings. The molecule has 2 N–H and O–H groups in total. The number of para-hydroxylation sites is 2. The Kier molecular flexibility index (Phi) is 6.96. The number of aliphatic carboxylic acids is 1. The van der Waals surface area contributed by atoms with Gasteiger partial charge in [-0.25, -0.2) is 4.98 Å². The molecule has 0 radical (unpaired) electrons. The van der Waals surface area contributed by atoms with Crippen LogP contribution in [0.5, 0.6) is 0 Å². The molecule has 3 atom stereocenters. The summed E-state index contributed by atoms with van der Waals surface area (Å²) in [4.78, 5) is 15.5. The number of methoxy groups -OCH3 is 1. The lowest BCUT2D eigenvalue weighted by atomic mass is 10.0. The number of fused-ring (bicyclic) bond motifs is 1. The number of benzene rings is 2. The second kappa shape index (κ2) is 10.0. The van der Waals surface area contributed by atoms with E-state index in [9.17, 15) is 4.79 Å². The second-order valence-corrected chi connectivity index (χ2v) is 7.96. The molecule has 7 nitrogen and oxygen atoms in total. The van der Waals surface area contributed by atoms with E-state index < -0.39 is 5.97 Å². The fraction of sp³-hybridized carbons (Fsp3) is 0.417. The van der Waals surface area contributed by atoms with Gasteiger partial charge in [-0.2, -0.15) is 0 Å². The number of carbonyl (C=O) groups is 1. The highest BCUT2D eigenvalue weighted by Gasteiger charge is 2.36. The highest BCUT2D eigenvalue weighted by Crippen LogP contribution is 2.32. The van der Waals surface area contributed by atoms with Crippen molar-refractivity contribution in [1.29, 1.82) is 0 Å². The summed E-state index contributed by atoms with van der Waals surface area (Å²) in [6.45, 7) is 1.09. The Bertz CT molecular complexity index is 968. The van der Waals surface area contributed by atoms with Crippen LogP contribution in [0.4, 0.5) is 0 Å². The molecular formula is C24H28N2O5. The van der Waals surface area contributed by atoms with Gasteiger partial charge in [0.05, 0.1) is 19.3 Å². The average molecular weight is 424 g/mol. The summed E-state index contributed by atoms with van der Waals surface area (Å²) in [5, 5.41) is 12.1. The van der Waals surface area contributed by atoms with E-state index in [1.807, 2.05) is 48.5 Å². The molecule has 7 heteroatoms. The number of carboxylic acid groups (broad SMARTS) is 1. The van der Waals surface area contributed by atoms with Crippen molar-refractivity contribution in [1.82, 2.24) is 10.3 Å². The highest BCUT2D eigenvalue weighted by atomic mass is 16.5. The average Bonchev–Trinajstić information content (AvgIpc) is 3.39. The maximum Gasteiger partial charge on any atom is 0.317 e. The van der Waals surface area contributed by atoms with Crippen LogP contribution in [0, 0.1) is 5.92 Å². The number of hydrogen-bond donors (Lipinski definition) is 2. The van der Waals surface area contributed by atoms with Gasteiger partial charge in [0.2, 0.25) is 5.89 Å². The molecule has 0 aliphatic heterocycles. The topological polar surface area (TPSA) is 93.8 Å². The van der Waals surface area contributed by atoms with Crippen molar-refractivity contribution in [3.05, 3.63) is 54.1 Å². The van der Waals surface area contributed by atoms with Gasteiger partial charge in [-0.15, -0.1) is 0 Å². The van der Waals surface area contributed by atoms with Crippen LogP contribution in [0.15, 0.2) is 52.9 Å². The van der Waals surface area contributed by atoms with E-state index in [-0.39, 0.29) is 18.7 Å². The molecule has 1 aromatic heterocycles. The SMILES string of the molecule is COCC[C@H]1CC[C@@H](NCC(=O)O)[C@@H]1OCc1ccc(-c2nc3ccccc3o2)cc1. The van der Waals surface area contributed by atoms with Gasteiger partial charge in [0.25, 0.3) is 0 Å². The fourth-order valence-electron chi connectivity index (χ4n) is 4.25. The third kappa shape index (κ3) is 5.31. The Labute approximate surface area is 181 Å². The fourth-order valence-corrected chi connectivity index (χ4v) is 4.25. The van der Waals surface area contributed by atoms with Crippen LogP contribution >= 0.6 is 0 Å². The van der Waals surface area contributed by atoms with E-state index in [1.54, 1.807) is 7.11 Å². The number of carboxylic acids is 1. The maximum absolute atomic E-state index is 11.0. The van der Waals surface area contributed by atoms with Crippen molar-refractivity contribution in [2.75, 3.05) is 20.3 Å². The monoisotopic (exact) mass is 424 g/mol. The minimum atomic E-state index is -0.853. The molecule has 0 amide bonds. The number of nitrogens with one attached hydrogen (secondary N) is 1. The number of hydrogen-bond acceptors (Lipinski definition) is 6. The Morgan fingerprint density at radius 3 is 2.74 bits per heavy atom. The quantitative estimate of drug-likeness (QED) is 0.510. The Balaban J connectivity index is 1.40. The maximum atomic E-state index is 11.0. The van der Waals surface area contributed by atoms with Crippen molar-refractivity contribution >= 4 is 17.1 Å². The van der Waals surface area contributed by atoms with E-state index in [2.05, 4.69) is 10.3 Å². The van der Waals surface area contributed by atoms with Crippen LogP contribution in [0.3, 0.4) is 0 Å². The number of aromatic nitrogens is 1. The molecule has 31 heavy (non-hydrogen) atoms. The summed E-state index contributed by atoms with van der Waals surface area (Å²) in [5.41, 5.74) is 3.58. The zero-order chi connectivity index (χ0) is 21.6. The Morgan fingerprint density at radius 1 is 1.19 bits per heavy atom. The van der Waals surface area contributed by atoms with Crippen molar-refractivity contribution in [2.45, 2.75) is 38.0 Å². The van der Waals surface area contributed by atoms with Crippen LogP contribution in [0.1, 0.15) is 24.8 Å². The number of oxazole rings is 1. The molecule has 2 aromatic carbocycles. The molecule has 0 bridgehead atoms. The van der Waals surface area contributed by atoms with Gasteiger partial charge >= 0.3 is 5.97 Å². The zero-order valence-corrected chi connectivity index (χ0v) is 17.6. The van der Waals surface area contributed by atoms with Crippen molar-refractivity contribution in [2.24, 2.45) is 5.92 Å². The van der Waals surface area contributed by atoms with E-state index in [0.29, 0.717) is 25.0 Å². The van der Waals surface area contributed by atoms with Gasteiger partial charge in [-0.1, -0.05) is 24.3 Å². The molecule has 164 valence electrons. The molecule has 1 aliphatic rings. The first kappa shape index (κ1) is 21.5. The molecule has 4 rings (SSSR count). The molecule has 1 heterocycles. The van der Waals surface area contributed by atoms with Crippen LogP contribution in [0.2, 0.25) is 0 Å². The van der Waals surface area contributed by atoms with Crippen molar-refractivity contribution < 1.29 is 23.8 Å². The molecule has 0 unspecified atom stereocenters. The predicted octanol–water partition coefficient (Wildman–Crippen LogP) is 3.87. The first-order valence-electron chi connectivity index (χ1n) is 10.6. The molecule has 0 saturated heterocycles. The minimum absolute atomic E-state index is 0.0359. The molecule has 0 spiro atoms.